The lowest BCUT2D eigenvalue weighted by Crippen LogP contribution is -2.36. The predicted molar refractivity (Wildman–Crippen MR) is 73.8 cm³/mol. The first-order valence-corrected chi connectivity index (χ1v) is 5.93. The number of hydrogen-bond acceptors (Lipinski definition) is 3. The van der Waals surface area contributed by atoms with E-state index < -0.39 is 0 Å². The zero-order valence-corrected chi connectivity index (χ0v) is 10.9. The quantitative estimate of drug-likeness (QED) is 0.776. The van der Waals surface area contributed by atoms with Crippen molar-refractivity contribution in [1.82, 2.24) is 0 Å². The number of methoxy groups -OCH3 is 1. The molecular weight excluding hydrogens is 226 g/mol. The molecule has 0 fully saturated rings. The molecule has 2 aromatic carbocycles. The fourth-order valence-electron chi connectivity index (χ4n) is 2.05. The van der Waals surface area contributed by atoms with E-state index in [1.54, 1.807) is 0 Å². The van der Waals surface area contributed by atoms with Crippen molar-refractivity contribution in [3.05, 3.63) is 42.5 Å². The van der Waals surface area contributed by atoms with Gasteiger partial charge >= 0.3 is 5.97 Å². The molecule has 1 atom stereocenters. The minimum Gasteiger partial charge on any atom is -0.467 e. The van der Waals surface area contributed by atoms with Gasteiger partial charge in [-0.2, -0.15) is 0 Å². The number of anilines is 1. The Morgan fingerprint density at radius 3 is 2.56 bits per heavy atom. The number of fused-ring (bicyclic) bond motifs is 1. The Morgan fingerprint density at radius 1 is 1.17 bits per heavy atom. The van der Waals surface area contributed by atoms with E-state index in [4.69, 9.17) is 4.74 Å². The molecule has 0 heterocycles. The molecule has 3 nitrogen and oxygen atoms in total. The summed E-state index contributed by atoms with van der Waals surface area (Å²) in [5, 5.41) is 2.30. The van der Waals surface area contributed by atoms with Crippen molar-refractivity contribution in [3.63, 3.8) is 0 Å². The Bertz CT molecular complexity index is 560. The second-order valence-corrected chi connectivity index (χ2v) is 4.31. The number of likely N-dealkylation sites (N-methyl/N-ethyl adjacent to an activating group) is 1. The summed E-state index contributed by atoms with van der Waals surface area (Å²) in [4.78, 5) is 13.5. The second kappa shape index (κ2) is 5.08. The van der Waals surface area contributed by atoms with E-state index in [9.17, 15) is 4.79 Å². The third-order valence-corrected chi connectivity index (χ3v) is 3.27. The van der Waals surface area contributed by atoms with Gasteiger partial charge in [-0.1, -0.05) is 36.4 Å². The molecule has 0 saturated carbocycles. The van der Waals surface area contributed by atoms with E-state index in [0.29, 0.717) is 0 Å². The highest BCUT2D eigenvalue weighted by atomic mass is 16.5. The number of carbonyl (C=O) groups is 1. The van der Waals surface area contributed by atoms with E-state index in [1.807, 2.05) is 43.1 Å². The zero-order chi connectivity index (χ0) is 13.1. The van der Waals surface area contributed by atoms with Crippen molar-refractivity contribution >= 4 is 22.4 Å². The van der Waals surface area contributed by atoms with Gasteiger partial charge < -0.3 is 9.64 Å². The van der Waals surface area contributed by atoms with Crippen LogP contribution < -0.4 is 4.90 Å². The highest BCUT2D eigenvalue weighted by Gasteiger charge is 2.19. The van der Waals surface area contributed by atoms with Gasteiger partial charge in [-0.05, 0) is 18.4 Å². The smallest absolute Gasteiger partial charge is 0.328 e. The zero-order valence-electron chi connectivity index (χ0n) is 10.9. The predicted octanol–water partition coefficient (Wildman–Crippen LogP) is 2.84. The van der Waals surface area contributed by atoms with Gasteiger partial charge in [0.1, 0.15) is 6.04 Å². The van der Waals surface area contributed by atoms with E-state index in [1.165, 1.54) is 12.5 Å². The SMILES string of the molecule is COC(=O)[C@H](C)N(C)c1cccc2ccccc12. The molecule has 0 bridgehead atoms. The van der Waals surface area contributed by atoms with Crippen LogP contribution in [0.25, 0.3) is 10.8 Å². The molecule has 0 aromatic heterocycles. The average Bonchev–Trinajstić information content (AvgIpc) is 2.44. The molecule has 3 heteroatoms. The molecule has 0 aliphatic heterocycles. The van der Waals surface area contributed by atoms with Crippen LogP contribution >= 0.6 is 0 Å². The average molecular weight is 243 g/mol. The van der Waals surface area contributed by atoms with Crippen molar-refractivity contribution in [2.45, 2.75) is 13.0 Å². The maximum Gasteiger partial charge on any atom is 0.328 e. The standard InChI is InChI=1S/C15H17NO2/c1-11(15(17)18-3)16(2)14-10-6-8-12-7-4-5-9-13(12)14/h4-11H,1-3H3/t11-/m0/s1. The van der Waals surface area contributed by atoms with Crippen molar-refractivity contribution < 1.29 is 9.53 Å². The lowest BCUT2D eigenvalue weighted by Gasteiger charge is -2.26. The molecule has 2 aromatic rings. The van der Waals surface area contributed by atoms with Crippen LogP contribution in [0.2, 0.25) is 0 Å². The van der Waals surface area contributed by atoms with Crippen LogP contribution in [0, 0.1) is 0 Å². The number of ether oxygens (including phenoxy) is 1. The molecule has 0 unspecified atom stereocenters. The van der Waals surface area contributed by atoms with E-state index >= 15 is 0 Å². The molecule has 18 heavy (non-hydrogen) atoms. The van der Waals surface area contributed by atoms with Gasteiger partial charge in [0.05, 0.1) is 7.11 Å². The summed E-state index contributed by atoms with van der Waals surface area (Å²) in [7, 11) is 3.32. The molecule has 0 aliphatic rings. The van der Waals surface area contributed by atoms with Gasteiger partial charge in [-0.25, -0.2) is 4.79 Å². The summed E-state index contributed by atoms with van der Waals surface area (Å²) >= 11 is 0. The summed E-state index contributed by atoms with van der Waals surface area (Å²) < 4.78 is 4.79. The number of benzene rings is 2. The Balaban J connectivity index is 2.44. The number of esters is 1. The lowest BCUT2D eigenvalue weighted by atomic mass is 10.1. The summed E-state index contributed by atoms with van der Waals surface area (Å²) in [6.45, 7) is 1.84. The van der Waals surface area contributed by atoms with Crippen LogP contribution in [0.5, 0.6) is 0 Å². The van der Waals surface area contributed by atoms with Crippen molar-refractivity contribution in [2.24, 2.45) is 0 Å². The van der Waals surface area contributed by atoms with E-state index in [2.05, 4.69) is 18.2 Å². The molecule has 0 aliphatic carbocycles. The maximum absolute atomic E-state index is 11.6. The monoisotopic (exact) mass is 243 g/mol. The third-order valence-electron chi connectivity index (χ3n) is 3.27. The van der Waals surface area contributed by atoms with Crippen molar-refractivity contribution in [1.29, 1.82) is 0 Å². The number of nitrogens with zero attached hydrogens (tertiary/aromatic N) is 1. The van der Waals surface area contributed by atoms with Gasteiger partial charge in [0.25, 0.3) is 0 Å². The minimum absolute atomic E-state index is 0.231. The van der Waals surface area contributed by atoms with E-state index in [0.717, 1.165) is 11.1 Å². The van der Waals surface area contributed by atoms with Gasteiger partial charge in [-0.3, -0.25) is 0 Å². The Hall–Kier alpha value is -2.03. The molecule has 0 amide bonds. The Labute approximate surface area is 107 Å². The van der Waals surface area contributed by atoms with Crippen LogP contribution in [-0.4, -0.2) is 26.2 Å². The first kappa shape index (κ1) is 12.4. The fraction of sp³-hybridized carbons (Fsp3) is 0.267. The largest absolute Gasteiger partial charge is 0.467 e. The second-order valence-electron chi connectivity index (χ2n) is 4.31. The van der Waals surface area contributed by atoms with Crippen LogP contribution in [0.3, 0.4) is 0 Å². The summed E-state index contributed by atoms with van der Waals surface area (Å²) in [5.41, 5.74) is 1.03. The molecule has 2 rings (SSSR count). The number of carbonyl (C=O) groups excluding carboxylic acids is 1. The molecule has 94 valence electrons. The topological polar surface area (TPSA) is 29.5 Å². The molecule has 0 spiro atoms. The lowest BCUT2D eigenvalue weighted by molar-refractivity contribution is -0.141. The van der Waals surface area contributed by atoms with Crippen LogP contribution in [0.15, 0.2) is 42.5 Å². The summed E-state index contributed by atoms with van der Waals surface area (Å²) in [5.74, 6) is -0.231. The third kappa shape index (κ3) is 2.16. The maximum atomic E-state index is 11.6. The van der Waals surface area contributed by atoms with E-state index in [-0.39, 0.29) is 12.0 Å². The first-order valence-electron chi connectivity index (χ1n) is 5.93. The highest BCUT2D eigenvalue weighted by Crippen LogP contribution is 2.27. The van der Waals surface area contributed by atoms with Crippen LogP contribution in [0.4, 0.5) is 5.69 Å². The normalized spacial score (nSPS) is 12.2. The first-order chi connectivity index (χ1) is 8.65. The van der Waals surface area contributed by atoms with Gasteiger partial charge in [0, 0.05) is 18.1 Å². The van der Waals surface area contributed by atoms with Gasteiger partial charge in [-0.15, -0.1) is 0 Å². The summed E-state index contributed by atoms with van der Waals surface area (Å²) in [6, 6.07) is 13.9. The number of rotatable bonds is 3. The fourth-order valence-corrected chi connectivity index (χ4v) is 2.05. The molecule has 0 radical (unpaired) electrons. The van der Waals surface area contributed by atoms with Crippen LogP contribution in [0.1, 0.15) is 6.92 Å². The van der Waals surface area contributed by atoms with Crippen LogP contribution in [-0.2, 0) is 9.53 Å². The Morgan fingerprint density at radius 2 is 1.83 bits per heavy atom. The highest BCUT2D eigenvalue weighted by molar-refractivity contribution is 5.95. The van der Waals surface area contributed by atoms with Gasteiger partial charge in [0.2, 0.25) is 0 Å². The number of hydrogen-bond donors (Lipinski definition) is 0. The molecule has 0 saturated heterocycles. The summed E-state index contributed by atoms with van der Waals surface area (Å²) in [6.07, 6.45) is 0. The van der Waals surface area contributed by atoms with Gasteiger partial charge in [0.15, 0.2) is 0 Å². The molecule has 0 N–H and O–H groups in total. The van der Waals surface area contributed by atoms with Crippen molar-refractivity contribution in [3.8, 4) is 0 Å². The van der Waals surface area contributed by atoms with Crippen molar-refractivity contribution in [2.75, 3.05) is 19.1 Å². The molecular formula is C15H17NO2. The Kier molecular flexibility index (Phi) is 3.51. The minimum atomic E-state index is -0.305.